The monoisotopic (exact) mass is 469 g/mol. The molecule has 0 atom stereocenters. The number of hydrogen-bond acceptors (Lipinski definition) is 6. The van der Waals surface area contributed by atoms with Crippen LogP contribution >= 0.6 is 35.4 Å². The second kappa shape index (κ2) is 8.25. The summed E-state index contributed by atoms with van der Waals surface area (Å²) in [5.41, 5.74) is 0.753. The summed E-state index contributed by atoms with van der Waals surface area (Å²) < 4.78 is 29.6. The van der Waals surface area contributed by atoms with Crippen molar-refractivity contribution in [3.63, 3.8) is 0 Å². The maximum Gasteiger partial charge on any atom is 0.244 e. The van der Waals surface area contributed by atoms with Crippen LogP contribution in [0.4, 0.5) is 0 Å². The fourth-order valence-electron chi connectivity index (χ4n) is 3.24. The van der Waals surface area contributed by atoms with Gasteiger partial charge in [-0.05, 0) is 24.3 Å². The Balaban J connectivity index is 1.48. The number of halogens is 2. The Hall–Kier alpha value is -1.62. The Morgan fingerprint density at radius 1 is 1.00 bits per heavy atom. The van der Waals surface area contributed by atoms with E-state index in [1.54, 1.807) is 16.8 Å². The average molecular weight is 470 g/mol. The average Bonchev–Trinajstić information content (AvgIpc) is 2.72. The number of hydrogen-bond donors (Lipinski definition) is 0. The van der Waals surface area contributed by atoms with Crippen LogP contribution in [-0.4, -0.2) is 58.8 Å². The SMILES string of the molecule is O=S(=O)(c1cccc(Cl)c1Cl)N1CCN(Cn2nnc3ccccc3c2=S)CC1. The van der Waals surface area contributed by atoms with Crippen LogP contribution in [0, 0.1) is 4.64 Å². The molecule has 0 amide bonds. The van der Waals surface area contributed by atoms with Gasteiger partial charge in [-0.25, -0.2) is 13.1 Å². The van der Waals surface area contributed by atoms with Crippen molar-refractivity contribution in [2.24, 2.45) is 0 Å². The first-order valence-electron chi connectivity index (χ1n) is 8.87. The normalized spacial score (nSPS) is 16.3. The molecule has 1 aromatic heterocycles. The minimum atomic E-state index is -3.71. The van der Waals surface area contributed by atoms with Gasteiger partial charge in [-0.15, -0.1) is 5.10 Å². The lowest BCUT2D eigenvalue weighted by atomic mass is 10.2. The molecule has 0 N–H and O–H groups in total. The Kier molecular flexibility index (Phi) is 5.87. The van der Waals surface area contributed by atoms with Crippen LogP contribution < -0.4 is 0 Å². The maximum atomic E-state index is 12.9. The van der Waals surface area contributed by atoms with Gasteiger partial charge in [0.05, 0.1) is 22.2 Å². The van der Waals surface area contributed by atoms with Gasteiger partial charge in [0.1, 0.15) is 9.54 Å². The zero-order valence-electron chi connectivity index (χ0n) is 15.2. The molecule has 7 nitrogen and oxygen atoms in total. The van der Waals surface area contributed by atoms with E-state index >= 15 is 0 Å². The molecule has 0 bridgehead atoms. The molecular weight excluding hydrogens is 453 g/mol. The third kappa shape index (κ3) is 4.03. The Morgan fingerprint density at radius 3 is 2.48 bits per heavy atom. The Morgan fingerprint density at radius 2 is 1.72 bits per heavy atom. The van der Waals surface area contributed by atoms with E-state index in [0.29, 0.717) is 37.5 Å². The van der Waals surface area contributed by atoms with Gasteiger partial charge in [0.25, 0.3) is 0 Å². The minimum absolute atomic E-state index is 0.0303. The van der Waals surface area contributed by atoms with Crippen LogP contribution in [-0.2, 0) is 16.7 Å². The molecule has 2 heterocycles. The van der Waals surface area contributed by atoms with Crippen LogP contribution in [0.1, 0.15) is 0 Å². The summed E-state index contributed by atoms with van der Waals surface area (Å²) >= 11 is 17.6. The number of sulfonamides is 1. The van der Waals surface area contributed by atoms with Crippen molar-refractivity contribution < 1.29 is 8.42 Å². The van der Waals surface area contributed by atoms with Crippen LogP contribution in [0.5, 0.6) is 0 Å². The van der Waals surface area contributed by atoms with E-state index in [4.69, 9.17) is 35.4 Å². The molecule has 11 heteroatoms. The summed E-state index contributed by atoms with van der Waals surface area (Å²) in [5.74, 6) is 0. The highest BCUT2D eigenvalue weighted by atomic mass is 35.5. The molecule has 0 spiro atoms. The van der Waals surface area contributed by atoms with Crippen molar-refractivity contribution >= 4 is 56.3 Å². The van der Waals surface area contributed by atoms with E-state index in [-0.39, 0.29) is 14.9 Å². The summed E-state index contributed by atoms with van der Waals surface area (Å²) in [5, 5.41) is 9.54. The van der Waals surface area contributed by atoms with Crippen LogP contribution in [0.2, 0.25) is 10.0 Å². The van der Waals surface area contributed by atoms with Gasteiger partial charge >= 0.3 is 0 Å². The number of benzene rings is 2. The molecule has 152 valence electrons. The summed E-state index contributed by atoms with van der Waals surface area (Å²) in [6.45, 7) is 2.18. The van der Waals surface area contributed by atoms with Gasteiger partial charge in [-0.2, -0.15) is 4.31 Å². The van der Waals surface area contributed by atoms with E-state index in [1.807, 2.05) is 24.3 Å². The molecule has 4 rings (SSSR count). The minimum Gasteiger partial charge on any atom is -0.282 e. The molecule has 1 aliphatic rings. The lowest BCUT2D eigenvalue weighted by Crippen LogP contribution is -2.49. The quantitative estimate of drug-likeness (QED) is 0.545. The molecular formula is C18H17Cl2N5O2S2. The lowest BCUT2D eigenvalue weighted by Gasteiger charge is -2.34. The fraction of sp³-hybridized carbons (Fsp3) is 0.278. The van der Waals surface area contributed by atoms with E-state index in [1.165, 1.54) is 10.4 Å². The summed E-state index contributed by atoms with van der Waals surface area (Å²) in [6, 6.07) is 12.2. The van der Waals surface area contributed by atoms with Gasteiger partial charge in [0.2, 0.25) is 10.0 Å². The zero-order valence-corrected chi connectivity index (χ0v) is 18.3. The fourth-order valence-corrected chi connectivity index (χ4v) is 5.66. The van der Waals surface area contributed by atoms with Crippen LogP contribution in [0.3, 0.4) is 0 Å². The highest BCUT2D eigenvalue weighted by Crippen LogP contribution is 2.31. The zero-order chi connectivity index (χ0) is 20.6. The van der Waals surface area contributed by atoms with Gasteiger partial charge in [0.15, 0.2) is 0 Å². The molecule has 29 heavy (non-hydrogen) atoms. The summed E-state index contributed by atoms with van der Waals surface area (Å²) in [4.78, 5) is 2.12. The molecule has 1 saturated heterocycles. The summed E-state index contributed by atoms with van der Waals surface area (Å²) in [7, 11) is -3.71. The van der Waals surface area contributed by atoms with Crippen LogP contribution in [0.25, 0.3) is 10.9 Å². The number of nitrogens with zero attached hydrogens (tertiary/aromatic N) is 5. The maximum absolute atomic E-state index is 12.9. The predicted octanol–water partition coefficient (Wildman–Crippen LogP) is 3.43. The first-order valence-corrected chi connectivity index (χ1v) is 11.5. The largest absolute Gasteiger partial charge is 0.282 e. The number of piperazine rings is 1. The topological polar surface area (TPSA) is 71.3 Å². The van der Waals surface area contributed by atoms with Crippen molar-refractivity contribution in [3.05, 3.63) is 57.2 Å². The van der Waals surface area contributed by atoms with E-state index in [2.05, 4.69) is 15.2 Å². The van der Waals surface area contributed by atoms with Crippen molar-refractivity contribution in [2.45, 2.75) is 11.6 Å². The third-order valence-corrected chi connectivity index (χ3v) is 8.13. The number of rotatable bonds is 4. The highest BCUT2D eigenvalue weighted by Gasteiger charge is 2.30. The molecule has 1 aliphatic heterocycles. The molecule has 1 fully saturated rings. The summed E-state index contributed by atoms with van der Waals surface area (Å²) in [6.07, 6.45) is 0. The van der Waals surface area contributed by atoms with Gasteiger partial charge in [0, 0.05) is 31.6 Å². The Labute approximate surface area is 183 Å². The Bertz CT molecular complexity index is 1220. The van der Waals surface area contributed by atoms with Gasteiger partial charge < -0.3 is 0 Å². The second-order valence-corrected chi connectivity index (χ2v) is 9.70. The highest BCUT2D eigenvalue weighted by molar-refractivity contribution is 7.89. The van der Waals surface area contributed by atoms with Crippen molar-refractivity contribution in [1.29, 1.82) is 0 Å². The molecule has 2 aromatic carbocycles. The smallest absolute Gasteiger partial charge is 0.244 e. The first-order chi connectivity index (χ1) is 13.9. The van der Waals surface area contributed by atoms with Crippen molar-refractivity contribution in [3.8, 4) is 0 Å². The van der Waals surface area contributed by atoms with Gasteiger partial charge in [-0.1, -0.05) is 58.8 Å². The number of fused-ring (bicyclic) bond motifs is 1. The lowest BCUT2D eigenvalue weighted by molar-refractivity contribution is 0.142. The second-order valence-electron chi connectivity index (χ2n) is 6.63. The predicted molar refractivity (Wildman–Crippen MR) is 115 cm³/mol. The van der Waals surface area contributed by atoms with Crippen molar-refractivity contribution in [1.82, 2.24) is 24.2 Å². The third-order valence-electron chi connectivity index (χ3n) is 4.83. The van der Waals surface area contributed by atoms with E-state index in [9.17, 15) is 8.42 Å². The molecule has 3 aromatic rings. The molecule has 0 aliphatic carbocycles. The molecule has 0 saturated carbocycles. The van der Waals surface area contributed by atoms with Crippen molar-refractivity contribution in [2.75, 3.05) is 26.2 Å². The van der Waals surface area contributed by atoms with E-state index in [0.717, 1.165) is 10.9 Å². The van der Waals surface area contributed by atoms with E-state index < -0.39 is 10.0 Å². The van der Waals surface area contributed by atoms with Crippen LogP contribution in [0.15, 0.2) is 47.4 Å². The first kappa shape index (κ1) is 20.6. The molecule has 0 radical (unpaired) electrons. The standard InChI is InChI=1S/C18H17Cl2N5O2S2/c19-14-5-3-7-16(17(14)20)29(26,27)24-10-8-23(9-11-24)12-25-18(28)13-4-1-2-6-15(13)21-22-25/h1-7H,8-12H2. The molecule has 0 unspecified atom stereocenters. The number of aromatic nitrogens is 3. The van der Waals surface area contributed by atoms with Gasteiger partial charge in [-0.3, -0.25) is 4.90 Å².